The minimum absolute atomic E-state index is 0.0511. The molecule has 0 radical (unpaired) electrons. The van der Waals surface area contributed by atoms with E-state index in [1.807, 2.05) is 30.3 Å². The van der Waals surface area contributed by atoms with Gasteiger partial charge in [-0.15, -0.1) is 0 Å². The third-order valence-corrected chi connectivity index (χ3v) is 3.19. The molecule has 2 aromatic rings. The molecule has 20 heavy (non-hydrogen) atoms. The molecular weight excluding hydrogens is 320 g/mol. The molecule has 1 amide bonds. The summed E-state index contributed by atoms with van der Waals surface area (Å²) < 4.78 is 6.22. The summed E-state index contributed by atoms with van der Waals surface area (Å²) in [7, 11) is 1.75. The first-order valence-electron chi connectivity index (χ1n) is 6.21. The van der Waals surface area contributed by atoms with Gasteiger partial charge in [-0.05, 0) is 40.2 Å². The van der Waals surface area contributed by atoms with Gasteiger partial charge in [0.15, 0.2) is 0 Å². The van der Waals surface area contributed by atoms with Crippen LogP contribution in [-0.4, -0.2) is 36.0 Å². The van der Waals surface area contributed by atoms with Gasteiger partial charge in [-0.25, -0.2) is 4.98 Å². The van der Waals surface area contributed by atoms with Gasteiger partial charge in [-0.2, -0.15) is 0 Å². The molecule has 0 N–H and O–H groups in total. The van der Waals surface area contributed by atoms with Gasteiger partial charge >= 0.3 is 0 Å². The molecule has 0 aliphatic rings. The summed E-state index contributed by atoms with van der Waals surface area (Å²) in [5, 5.41) is 0. The Morgan fingerprint density at radius 1 is 1.30 bits per heavy atom. The molecule has 0 saturated carbocycles. The van der Waals surface area contributed by atoms with Crippen LogP contribution in [0.15, 0.2) is 53.3 Å². The van der Waals surface area contributed by atoms with Crippen LogP contribution in [0.2, 0.25) is 0 Å². The van der Waals surface area contributed by atoms with Crippen molar-refractivity contribution in [1.82, 2.24) is 9.88 Å². The van der Waals surface area contributed by atoms with Crippen LogP contribution >= 0.6 is 15.9 Å². The first-order chi connectivity index (χ1) is 9.66. The third-order valence-electron chi connectivity index (χ3n) is 2.76. The molecule has 1 aromatic carbocycles. The average Bonchev–Trinajstić information content (AvgIpc) is 2.47. The smallest absolute Gasteiger partial charge is 0.253 e. The van der Waals surface area contributed by atoms with Gasteiger partial charge < -0.3 is 9.64 Å². The summed E-state index contributed by atoms with van der Waals surface area (Å²) in [4.78, 5) is 17.8. The van der Waals surface area contributed by atoms with Crippen molar-refractivity contribution in [3.05, 3.63) is 58.8 Å². The molecule has 5 heteroatoms. The van der Waals surface area contributed by atoms with E-state index in [2.05, 4.69) is 20.9 Å². The first kappa shape index (κ1) is 14.5. The second-order valence-corrected chi connectivity index (χ2v) is 5.07. The summed E-state index contributed by atoms with van der Waals surface area (Å²) in [5.74, 6) is 0.754. The molecular formula is C15H15BrN2O2. The summed E-state index contributed by atoms with van der Waals surface area (Å²) in [6, 6.07) is 12.9. The predicted molar refractivity (Wildman–Crippen MR) is 80.8 cm³/mol. The summed E-state index contributed by atoms with van der Waals surface area (Å²) in [6.07, 6.45) is 1.60. The quantitative estimate of drug-likeness (QED) is 0.789. The molecule has 4 nitrogen and oxygen atoms in total. The summed E-state index contributed by atoms with van der Waals surface area (Å²) >= 11 is 3.26. The van der Waals surface area contributed by atoms with E-state index >= 15 is 0 Å². The lowest BCUT2D eigenvalue weighted by Gasteiger charge is -2.17. The number of pyridine rings is 1. The van der Waals surface area contributed by atoms with Crippen LogP contribution in [0.5, 0.6) is 5.75 Å². The lowest BCUT2D eigenvalue weighted by molar-refractivity contribution is 0.0773. The molecule has 1 aromatic heterocycles. The Hall–Kier alpha value is -1.88. The Balaban J connectivity index is 1.85. The normalized spacial score (nSPS) is 10.1. The van der Waals surface area contributed by atoms with Crippen molar-refractivity contribution in [2.24, 2.45) is 0 Å². The highest BCUT2D eigenvalue weighted by atomic mass is 79.9. The van der Waals surface area contributed by atoms with Crippen molar-refractivity contribution in [1.29, 1.82) is 0 Å². The molecule has 0 saturated heterocycles. The van der Waals surface area contributed by atoms with Crippen LogP contribution in [0.25, 0.3) is 0 Å². The van der Waals surface area contributed by atoms with Crippen molar-refractivity contribution in [3.8, 4) is 5.75 Å². The molecule has 0 atom stereocenters. The van der Waals surface area contributed by atoms with E-state index in [1.165, 1.54) is 0 Å². The molecule has 0 bridgehead atoms. The van der Waals surface area contributed by atoms with Gasteiger partial charge in [0.25, 0.3) is 5.91 Å². The first-order valence-corrected chi connectivity index (χ1v) is 7.01. The van der Waals surface area contributed by atoms with Crippen molar-refractivity contribution < 1.29 is 9.53 Å². The number of carbonyl (C=O) groups excluding carboxylic acids is 1. The number of para-hydroxylation sites is 1. The molecule has 0 spiro atoms. The number of amides is 1. The average molecular weight is 335 g/mol. The molecule has 0 unspecified atom stereocenters. The number of likely N-dealkylation sites (N-methyl/N-ethyl adjacent to an activating group) is 1. The number of rotatable bonds is 5. The van der Waals surface area contributed by atoms with Crippen LogP contribution in [-0.2, 0) is 0 Å². The van der Waals surface area contributed by atoms with Gasteiger partial charge in [0, 0.05) is 18.8 Å². The van der Waals surface area contributed by atoms with Crippen LogP contribution in [0, 0.1) is 0 Å². The minimum Gasteiger partial charge on any atom is -0.492 e. The van der Waals surface area contributed by atoms with Gasteiger partial charge in [0.2, 0.25) is 0 Å². The highest BCUT2D eigenvalue weighted by Gasteiger charge is 2.11. The number of benzene rings is 1. The fraction of sp³-hybridized carbons (Fsp3) is 0.200. The highest BCUT2D eigenvalue weighted by molar-refractivity contribution is 9.10. The molecule has 0 aliphatic carbocycles. The molecule has 0 fully saturated rings. The van der Waals surface area contributed by atoms with E-state index in [9.17, 15) is 4.79 Å². The van der Waals surface area contributed by atoms with Gasteiger partial charge in [-0.1, -0.05) is 18.2 Å². The Labute approximate surface area is 126 Å². The van der Waals surface area contributed by atoms with Gasteiger partial charge in [-0.3, -0.25) is 4.79 Å². The Morgan fingerprint density at radius 2 is 2.05 bits per heavy atom. The van der Waals surface area contributed by atoms with Crippen LogP contribution < -0.4 is 4.74 Å². The maximum Gasteiger partial charge on any atom is 0.253 e. The maximum atomic E-state index is 12.2. The predicted octanol–water partition coefficient (Wildman–Crippen LogP) is 3.00. The molecule has 1 heterocycles. The Bertz CT molecular complexity index is 575. The highest BCUT2D eigenvalue weighted by Crippen LogP contribution is 2.11. The number of halogens is 1. The molecule has 2 rings (SSSR count). The maximum absolute atomic E-state index is 12.2. The second kappa shape index (κ2) is 7.05. The zero-order valence-corrected chi connectivity index (χ0v) is 12.7. The van der Waals surface area contributed by atoms with Crippen molar-refractivity contribution in [2.45, 2.75) is 0 Å². The van der Waals surface area contributed by atoms with E-state index in [4.69, 9.17) is 4.74 Å². The zero-order chi connectivity index (χ0) is 14.4. The number of nitrogens with zero attached hydrogens (tertiary/aromatic N) is 2. The van der Waals surface area contributed by atoms with Gasteiger partial charge in [0.05, 0.1) is 6.54 Å². The van der Waals surface area contributed by atoms with Crippen molar-refractivity contribution in [3.63, 3.8) is 0 Å². The molecule has 104 valence electrons. The minimum atomic E-state index is -0.0511. The molecule has 0 aliphatic heterocycles. The monoisotopic (exact) mass is 334 g/mol. The van der Waals surface area contributed by atoms with Crippen LogP contribution in [0.3, 0.4) is 0 Å². The van der Waals surface area contributed by atoms with Gasteiger partial charge in [0.1, 0.15) is 17.0 Å². The topological polar surface area (TPSA) is 42.4 Å². The van der Waals surface area contributed by atoms with Crippen LogP contribution in [0.1, 0.15) is 10.4 Å². The second-order valence-electron chi connectivity index (χ2n) is 4.26. The number of hydrogen-bond acceptors (Lipinski definition) is 3. The Morgan fingerprint density at radius 3 is 2.75 bits per heavy atom. The number of ether oxygens (including phenoxy) is 1. The zero-order valence-electron chi connectivity index (χ0n) is 11.1. The Kier molecular flexibility index (Phi) is 5.12. The number of hydrogen-bond donors (Lipinski definition) is 0. The number of aromatic nitrogens is 1. The van der Waals surface area contributed by atoms with E-state index < -0.39 is 0 Å². The van der Waals surface area contributed by atoms with E-state index in [1.54, 1.807) is 30.3 Å². The van der Waals surface area contributed by atoms with Crippen LogP contribution in [0.4, 0.5) is 0 Å². The fourth-order valence-electron chi connectivity index (χ4n) is 1.67. The lowest BCUT2D eigenvalue weighted by atomic mass is 10.2. The van der Waals surface area contributed by atoms with Crippen molar-refractivity contribution in [2.75, 3.05) is 20.2 Å². The SMILES string of the molecule is CN(CCOc1ccccc1)C(=O)c1ccnc(Br)c1. The van der Waals surface area contributed by atoms with E-state index in [0.717, 1.165) is 5.75 Å². The van der Waals surface area contributed by atoms with E-state index in [0.29, 0.717) is 23.3 Å². The fourth-order valence-corrected chi connectivity index (χ4v) is 2.04. The largest absolute Gasteiger partial charge is 0.492 e. The standard InChI is InChI=1S/C15H15BrN2O2/c1-18(9-10-20-13-5-3-2-4-6-13)15(19)12-7-8-17-14(16)11-12/h2-8,11H,9-10H2,1H3. The lowest BCUT2D eigenvalue weighted by Crippen LogP contribution is -2.30. The summed E-state index contributed by atoms with van der Waals surface area (Å²) in [6.45, 7) is 0.978. The third kappa shape index (κ3) is 4.06. The van der Waals surface area contributed by atoms with Crippen molar-refractivity contribution >= 4 is 21.8 Å². The summed E-state index contributed by atoms with van der Waals surface area (Å²) in [5.41, 5.74) is 0.606. The number of carbonyl (C=O) groups is 1. The van der Waals surface area contributed by atoms with E-state index in [-0.39, 0.29) is 5.91 Å².